The number of hydrogen-bond donors (Lipinski definition) is 1. The largest absolute Gasteiger partial charge is 0.573 e. The summed E-state index contributed by atoms with van der Waals surface area (Å²) < 4.78 is 58.3. The summed E-state index contributed by atoms with van der Waals surface area (Å²) >= 11 is 0. The third kappa shape index (κ3) is 5.53. The SMILES string of the molecule is Cc1oc(-c2cccc(OC(F)(F)F)c2)nc1COc1cccc(Cn2oc(=O)[nH]c2=O)c1. The molecule has 4 aromatic rings. The molecule has 0 fully saturated rings. The van der Waals surface area contributed by atoms with Crippen LogP contribution in [0.3, 0.4) is 0 Å². The molecule has 0 aliphatic carbocycles. The molecule has 0 amide bonds. The maximum absolute atomic E-state index is 12.5. The number of aryl methyl sites for hydroxylation is 1. The van der Waals surface area contributed by atoms with Crippen LogP contribution in [-0.4, -0.2) is 21.1 Å². The number of rotatable bonds is 7. The van der Waals surface area contributed by atoms with E-state index >= 15 is 0 Å². The third-order valence-electron chi connectivity index (χ3n) is 4.44. The Morgan fingerprint density at radius 2 is 1.85 bits per heavy atom. The van der Waals surface area contributed by atoms with Gasteiger partial charge in [-0.3, -0.25) is 0 Å². The van der Waals surface area contributed by atoms with Gasteiger partial charge in [-0.05, 0) is 42.8 Å². The molecule has 0 aliphatic rings. The predicted octanol–water partition coefficient (Wildman–Crippen LogP) is 3.62. The molecule has 1 N–H and O–H groups in total. The summed E-state index contributed by atoms with van der Waals surface area (Å²) in [5.74, 6) is -0.218. The molecule has 2 heterocycles. The number of ether oxygens (including phenoxy) is 2. The van der Waals surface area contributed by atoms with Crippen molar-refractivity contribution in [2.45, 2.75) is 26.4 Å². The van der Waals surface area contributed by atoms with E-state index in [2.05, 4.69) is 9.72 Å². The number of aromatic nitrogens is 3. The fourth-order valence-corrected chi connectivity index (χ4v) is 2.98. The number of hydrogen-bond acceptors (Lipinski definition) is 7. The van der Waals surface area contributed by atoms with Crippen molar-refractivity contribution in [3.8, 4) is 23.0 Å². The molecule has 0 aliphatic heterocycles. The molecule has 9 nitrogen and oxygen atoms in total. The van der Waals surface area contributed by atoms with Crippen LogP contribution in [0.25, 0.3) is 11.5 Å². The van der Waals surface area contributed by atoms with Crippen molar-refractivity contribution in [1.82, 2.24) is 14.7 Å². The molecule has 172 valence electrons. The number of nitrogens with zero attached hydrogens (tertiary/aromatic N) is 2. The smallest absolute Gasteiger partial charge is 0.487 e. The maximum atomic E-state index is 12.5. The van der Waals surface area contributed by atoms with Crippen molar-refractivity contribution in [1.29, 1.82) is 0 Å². The number of aromatic amines is 1. The van der Waals surface area contributed by atoms with Crippen LogP contribution in [0.15, 0.2) is 67.1 Å². The zero-order valence-electron chi connectivity index (χ0n) is 17.0. The van der Waals surface area contributed by atoms with E-state index in [0.29, 0.717) is 28.3 Å². The number of H-pyrrole nitrogens is 1. The normalized spacial score (nSPS) is 11.5. The Morgan fingerprint density at radius 3 is 2.58 bits per heavy atom. The van der Waals surface area contributed by atoms with Gasteiger partial charge in [-0.1, -0.05) is 18.2 Å². The van der Waals surface area contributed by atoms with E-state index in [1.165, 1.54) is 18.2 Å². The van der Waals surface area contributed by atoms with Gasteiger partial charge in [0.2, 0.25) is 5.89 Å². The molecule has 0 saturated carbocycles. The molecule has 0 spiro atoms. The quantitative estimate of drug-likeness (QED) is 0.446. The minimum atomic E-state index is -4.81. The van der Waals surface area contributed by atoms with Crippen LogP contribution in [0, 0.1) is 6.92 Å². The van der Waals surface area contributed by atoms with Gasteiger partial charge in [0, 0.05) is 5.56 Å². The first-order valence-electron chi connectivity index (χ1n) is 9.51. The molecule has 12 heteroatoms. The molecule has 4 rings (SSSR count). The summed E-state index contributed by atoms with van der Waals surface area (Å²) in [5.41, 5.74) is 0.745. The van der Waals surface area contributed by atoms with Crippen LogP contribution < -0.4 is 20.9 Å². The van der Waals surface area contributed by atoms with Gasteiger partial charge >= 0.3 is 17.8 Å². The fraction of sp³-hybridized carbons (Fsp3) is 0.190. The first-order chi connectivity index (χ1) is 15.7. The fourth-order valence-electron chi connectivity index (χ4n) is 2.98. The highest BCUT2D eigenvalue weighted by atomic mass is 19.4. The number of oxazole rings is 1. The zero-order chi connectivity index (χ0) is 23.6. The lowest BCUT2D eigenvalue weighted by atomic mass is 10.2. The van der Waals surface area contributed by atoms with Gasteiger partial charge in [-0.25, -0.2) is 19.6 Å². The zero-order valence-corrected chi connectivity index (χ0v) is 17.0. The van der Waals surface area contributed by atoms with E-state index in [0.717, 1.165) is 4.74 Å². The molecule has 2 aromatic heterocycles. The van der Waals surface area contributed by atoms with E-state index in [1.807, 2.05) is 4.98 Å². The van der Waals surface area contributed by atoms with Gasteiger partial charge in [0.15, 0.2) is 0 Å². The third-order valence-corrected chi connectivity index (χ3v) is 4.44. The number of nitrogens with one attached hydrogen (secondary N) is 1. The Morgan fingerprint density at radius 1 is 1.09 bits per heavy atom. The number of alkyl halides is 3. The molecular formula is C21H16F3N3O6. The van der Waals surface area contributed by atoms with Crippen molar-refractivity contribution in [2.75, 3.05) is 0 Å². The Balaban J connectivity index is 1.46. The Labute approximate surface area is 183 Å². The summed E-state index contributed by atoms with van der Waals surface area (Å²) in [6, 6.07) is 12.1. The van der Waals surface area contributed by atoms with Crippen LogP contribution in [0.2, 0.25) is 0 Å². The summed E-state index contributed by atoms with van der Waals surface area (Å²) in [4.78, 5) is 29.0. The second-order valence-corrected chi connectivity index (χ2v) is 6.88. The van der Waals surface area contributed by atoms with Crippen LogP contribution in [0.4, 0.5) is 13.2 Å². The van der Waals surface area contributed by atoms with Crippen molar-refractivity contribution in [3.05, 3.63) is 86.6 Å². The van der Waals surface area contributed by atoms with Crippen molar-refractivity contribution >= 4 is 0 Å². The molecule has 0 atom stereocenters. The molecule has 0 radical (unpaired) electrons. The van der Waals surface area contributed by atoms with E-state index < -0.39 is 17.8 Å². The lowest BCUT2D eigenvalue weighted by Crippen LogP contribution is -2.17. The van der Waals surface area contributed by atoms with E-state index in [-0.39, 0.29) is 24.8 Å². The highest BCUT2D eigenvalue weighted by Crippen LogP contribution is 2.29. The molecule has 0 saturated heterocycles. The summed E-state index contributed by atoms with van der Waals surface area (Å²) in [5, 5.41) is 0. The molecular weight excluding hydrogens is 447 g/mol. The van der Waals surface area contributed by atoms with Crippen LogP contribution in [0.1, 0.15) is 17.0 Å². The second kappa shape index (κ2) is 8.73. The lowest BCUT2D eigenvalue weighted by Gasteiger charge is -2.08. The number of halogens is 3. The van der Waals surface area contributed by atoms with Gasteiger partial charge in [0.1, 0.15) is 29.6 Å². The predicted molar refractivity (Wildman–Crippen MR) is 107 cm³/mol. The number of benzene rings is 2. The Kier molecular flexibility index (Phi) is 5.82. The second-order valence-electron chi connectivity index (χ2n) is 6.88. The van der Waals surface area contributed by atoms with Crippen molar-refractivity contribution in [2.24, 2.45) is 0 Å². The van der Waals surface area contributed by atoms with Gasteiger partial charge < -0.3 is 18.4 Å². The van der Waals surface area contributed by atoms with Crippen LogP contribution in [0.5, 0.6) is 11.5 Å². The van der Waals surface area contributed by atoms with Gasteiger partial charge in [-0.2, -0.15) is 0 Å². The van der Waals surface area contributed by atoms with Crippen LogP contribution >= 0.6 is 0 Å². The van der Waals surface area contributed by atoms with Crippen molar-refractivity contribution in [3.63, 3.8) is 0 Å². The first-order valence-corrected chi connectivity index (χ1v) is 9.51. The minimum Gasteiger partial charge on any atom is -0.487 e. The van der Waals surface area contributed by atoms with Gasteiger partial charge in [-0.15, -0.1) is 17.9 Å². The Hall–Kier alpha value is -4.22. The van der Waals surface area contributed by atoms with Crippen molar-refractivity contribution < 1.29 is 31.6 Å². The average molecular weight is 463 g/mol. The molecule has 0 bridgehead atoms. The topological polar surface area (TPSA) is 112 Å². The summed E-state index contributed by atoms with van der Waals surface area (Å²) in [6.45, 7) is 1.71. The highest BCUT2D eigenvalue weighted by Gasteiger charge is 2.31. The van der Waals surface area contributed by atoms with Crippen LogP contribution in [-0.2, 0) is 13.2 Å². The van der Waals surface area contributed by atoms with E-state index in [1.54, 1.807) is 37.3 Å². The molecule has 0 unspecified atom stereocenters. The summed E-state index contributed by atoms with van der Waals surface area (Å²) in [7, 11) is 0. The van der Waals surface area contributed by atoms with Gasteiger partial charge in [0.25, 0.3) is 0 Å². The maximum Gasteiger partial charge on any atom is 0.573 e. The lowest BCUT2D eigenvalue weighted by molar-refractivity contribution is -0.274. The van der Waals surface area contributed by atoms with E-state index in [4.69, 9.17) is 13.7 Å². The minimum absolute atomic E-state index is 0.0245. The molecule has 33 heavy (non-hydrogen) atoms. The molecule has 2 aromatic carbocycles. The first kappa shape index (κ1) is 22.0. The average Bonchev–Trinajstić information content (AvgIpc) is 3.26. The van der Waals surface area contributed by atoms with E-state index in [9.17, 15) is 22.8 Å². The Bertz CT molecular complexity index is 1380. The summed E-state index contributed by atoms with van der Waals surface area (Å²) in [6.07, 6.45) is -4.81. The highest BCUT2D eigenvalue weighted by molar-refractivity contribution is 5.56. The monoisotopic (exact) mass is 463 g/mol. The van der Waals surface area contributed by atoms with Gasteiger partial charge in [0.05, 0.1) is 6.54 Å². The standard InChI is InChI=1S/C21H16F3N3O6/c1-12-17(25-18(31-12)14-5-3-7-16(9-14)32-21(22,23)24)11-30-15-6-2-4-13(8-15)10-27-19(28)26-20(29)33-27/h2-9H,10-11H2,1H3,(H,26,28,29).